The third-order valence-corrected chi connectivity index (χ3v) is 3.28. The lowest BCUT2D eigenvalue weighted by Gasteiger charge is -2.35. The van der Waals surface area contributed by atoms with E-state index in [1.54, 1.807) is 0 Å². The number of ether oxygens (including phenoxy) is 1. The molecule has 1 unspecified atom stereocenters. The van der Waals surface area contributed by atoms with Gasteiger partial charge in [0.2, 0.25) is 0 Å². The molecular weight excluding hydrogens is 257 g/mol. The van der Waals surface area contributed by atoms with E-state index in [0.29, 0.717) is 6.04 Å². The summed E-state index contributed by atoms with van der Waals surface area (Å²) in [5, 5.41) is 0.780. The molecule has 0 radical (unpaired) electrons. The van der Waals surface area contributed by atoms with Crippen molar-refractivity contribution in [2.45, 2.75) is 26.0 Å². The van der Waals surface area contributed by atoms with Crippen molar-refractivity contribution in [2.24, 2.45) is 0 Å². The minimum atomic E-state index is 0. The second kappa shape index (κ2) is 6.60. The Bertz CT molecular complexity index is 357. The van der Waals surface area contributed by atoms with E-state index in [4.69, 9.17) is 16.3 Å². The molecule has 17 heavy (non-hydrogen) atoms. The van der Waals surface area contributed by atoms with Gasteiger partial charge in [-0.1, -0.05) is 23.7 Å². The first kappa shape index (κ1) is 14.8. The van der Waals surface area contributed by atoms with Crippen molar-refractivity contribution in [3.63, 3.8) is 0 Å². The fraction of sp³-hybridized carbons (Fsp3) is 0.538. The highest BCUT2D eigenvalue weighted by molar-refractivity contribution is 6.30. The molecule has 1 heterocycles. The van der Waals surface area contributed by atoms with Crippen LogP contribution in [0.25, 0.3) is 0 Å². The molecule has 1 aromatic carbocycles. The smallest absolute Gasteiger partial charge is 0.0953 e. The van der Waals surface area contributed by atoms with E-state index in [9.17, 15) is 0 Å². The molecule has 1 aliphatic heterocycles. The standard InChI is InChI=1S/C13H18ClNO.ClH/c1-10(2)15-6-7-16-13(9-15)11-4-3-5-12(14)8-11;/h3-5,8,10,13H,6-7,9H2,1-2H3;1H. The SMILES string of the molecule is CC(C)N1CCOC(c2cccc(Cl)c2)C1.Cl. The summed E-state index contributed by atoms with van der Waals surface area (Å²) >= 11 is 5.99. The average Bonchev–Trinajstić information content (AvgIpc) is 2.29. The molecule has 0 bridgehead atoms. The highest BCUT2D eigenvalue weighted by Crippen LogP contribution is 2.25. The fourth-order valence-electron chi connectivity index (χ4n) is 2.05. The summed E-state index contributed by atoms with van der Waals surface area (Å²) in [7, 11) is 0. The molecule has 1 atom stereocenters. The molecule has 0 spiro atoms. The quantitative estimate of drug-likeness (QED) is 0.819. The molecule has 0 aromatic heterocycles. The molecule has 0 amide bonds. The molecule has 1 aliphatic rings. The second-order valence-corrected chi connectivity index (χ2v) is 4.94. The zero-order chi connectivity index (χ0) is 11.5. The number of morpholine rings is 1. The molecule has 2 nitrogen and oxygen atoms in total. The van der Waals surface area contributed by atoms with Crippen LogP contribution in [-0.4, -0.2) is 30.6 Å². The first-order valence-electron chi connectivity index (χ1n) is 5.78. The third kappa shape index (κ3) is 3.85. The van der Waals surface area contributed by atoms with Gasteiger partial charge in [0, 0.05) is 24.2 Å². The van der Waals surface area contributed by atoms with Gasteiger partial charge < -0.3 is 4.74 Å². The normalized spacial score (nSPS) is 21.3. The van der Waals surface area contributed by atoms with E-state index < -0.39 is 0 Å². The van der Waals surface area contributed by atoms with Gasteiger partial charge in [-0.15, -0.1) is 12.4 Å². The van der Waals surface area contributed by atoms with E-state index >= 15 is 0 Å². The summed E-state index contributed by atoms with van der Waals surface area (Å²) in [6.07, 6.45) is 0.162. The van der Waals surface area contributed by atoms with Crippen LogP contribution in [0.5, 0.6) is 0 Å². The van der Waals surface area contributed by atoms with Crippen molar-refractivity contribution in [1.29, 1.82) is 0 Å². The molecule has 0 aliphatic carbocycles. The molecule has 1 fully saturated rings. The predicted octanol–water partition coefficient (Wildman–Crippen LogP) is 3.54. The Morgan fingerprint density at radius 2 is 2.18 bits per heavy atom. The summed E-state index contributed by atoms with van der Waals surface area (Å²) in [4.78, 5) is 2.44. The van der Waals surface area contributed by atoms with Crippen molar-refractivity contribution in [2.75, 3.05) is 19.7 Å². The summed E-state index contributed by atoms with van der Waals surface area (Å²) in [5.74, 6) is 0. The van der Waals surface area contributed by atoms with Gasteiger partial charge in [0.15, 0.2) is 0 Å². The van der Waals surface area contributed by atoms with E-state index in [1.807, 2.05) is 18.2 Å². The highest BCUT2D eigenvalue weighted by atomic mass is 35.5. The van der Waals surface area contributed by atoms with Gasteiger partial charge in [-0.3, -0.25) is 4.90 Å². The largest absolute Gasteiger partial charge is 0.371 e. The van der Waals surface area contributed by atoms with Crippen LogP contribution in [0, 0.1) is 0 Å². The Hall–Kier alpha value is -0.280. The van der Waals surface area contributed by atoms with Crippen LogP contribution in [0.1, 0.15) is 25.5 Å². The van der Waals surface area contributed by atoms with Gasteiger partial charge in [0.05, 0.1) is 12.7 Å². The van der Waals surface area contributed by atoms with Crippen LogP contribution in [0.3, 0.4) is 0 Å². The van der Waals surface area contributed by atoms with Gasteiger partial charge >= 0.3 is 0 Å². The van der Waals surface area contributed by atoms with Crippen LogP contribution < -0.4 is 0 Å². The summed E-state index contributed by atoms with van der Waals surface area (Å²) in [6, 6.07) is 8.53. The van der Waals surface area contributed by atoms with E-state index in [1.165, 1.54) is 5.56 Å². The van der Waals surface area contributed by atoms with Gasteiger partial charge in [0.1, 0.15) is 0 Å². The minimum absolute atomic E-state index is 0. The Morgan fingerprint density at radius 1 is 1.41 bits per heavy atom. The maximum absolute atomic E-state index is 5.99. The van der Waals surface area contributed by atoms with Crippen molar-refractivity contribution >= 4 is 24.0 Å². The number of hydrogen-bond acceptors (Lipinski definition) is 2. The van der Waals surface area contributed by atoms with Crippen LogP contribution >= 0.6 is 24.0 Å². The molecule has 0 N–H and O–H groups in total. The zero-order valence-electron chi connectivity index (χ0n) is 10.2. The molecule has 1 saturated heterocycles. The molecule has 2 rings (SSSR count). The van der Waals surface area contributed by atoms with Gasteiger partial charge in [0.25, 0.3) is 0 Å². The first-order chi connectivity index (χ1) is 7.66. The van der Waals surface area contributed by atoms with Crippen molar-refractivity contribution in [3.05, 3.63) is 34.9 Å². The Labute approximate surface area is 114 Å². The molecular formula is C13H19Cl2NO. The molecule has 1 aromatic rings. The van der Waals surface area contributed by atoms with Crippen LogP contribution in [-0.2, 0) is 4.74 Å². The van der Waals surface area contributed by atoms with Crippen LogP contribution in [0.15, 0.2) is 24.3 Å². The van der Waals surface area contributed by atoms with E-state index in [-0.39, 0.29) is 18.5 Å². The summed E-state index contributed by atoms with van der Waals surface area (Å²) in [6.45, 7) is 7.23. The summed E-state index contributed by atoms with van der Waals surface area (Å²) < 4.78 is 5.80. The lowest BCUT2D eigenvalue weighted by atomic mass is 10.1. The predicted molar refractivity (Wildman–Crippen MR) is 74.1 cm³/mol. The topological polar surface area (TPSA) is 12.5 Å². The van der Waals surface area contributed by atoms with Crippen molar-refractivity contribution in [1.82, 2.24) is 4.90 Å². The van der Waals surface area contributed by atoms with Crippen molar-refractivity contribution < 1.29 is 4.74 Å². The van der Waals surface area contributed by atoms with Crippen LogP contribution in [0.2, 0.25) is 5.02 Å². The number of benzene rings is 1. The van der Waals surface area contributed by atoms with E-state index in [0.717, 1.165) is 24.7 Å². The van der Waals surface area contributed by atoms with Crippen molar-refractivity contribution in [3.8, 4) is 0 Å². The second-order valence-electron chi connectivity index (χ2n) is 4.50. The molecule has 4 heteroatoms. The fourth-order valence-corrected chi connectivity index (χ4v) is 2.25. The van der Waals surface area contributed by atoms with Gasteiger partial charge in [-0.2, -0.15) is 0 Å². The van der Waals surface area contributed by atoms with Gasteiger partial charge in [-0.05, 0) is 31.5 Å². The number of halogens is 2. The Kier molecular flexibility index (Phi) is 5.74. The van der Waals surface area contributed by atoms with E-state index in [2.05, 4.69) is 24.8 Å². The Morgan fingerprint density at radius 3 is 2.82 bits per heavy atom. The number of nitrogens with zero attached hydrogens (tertiary/aromatic N) is 1. The Balaban J connectivity index is 0.00000144. The lowest BCUT2D eigenvalue weighted by Crippen LogP contribution is -2.42. The first-order valence-corrected chi connectivity index (χ1v) is 6.15. The number of hydrogen-bond donors (Lipinski definition) is 0. The van der Waals surface area contributed by atoms with Gasteiger partial charge in [-0.25, -0.2) is 0 Å². The average molecular weight is 276 g/mol. The number of rotatable bonds is 2. The molecule has 96 valence electrons. The molecule has 0 saturated carbocycles. The monoisotopic (exact) mass is 275 g/mol. The maximum Gasteiger partial charge on any atom is 0.0953 e. The zero-order valence-corrected chi connectivity index (χ0v) is 11.8. The highest BCUT2D eigenvalue weighted by Gasteiger charge is 2.23. The lowest BCUT2D eigenvalue weighted by molar-refractivity contribution is -0.0401. The summed E-state index contributed by atoms with van der Waals surface area (Å²) in [5.41, 5.74) is 1.18. The third-order valence-electron chi connectivity index (χ3n) is 3.05. The maximum atomic E-state index is 5.99. The van der Waals surface area contributed by atoms with Crippen LogP contribution in [0.4, 0.5) is 0 Å². The minimum Gasteiger partial charge on any atom is -0.371 e.